The number of ether oxygens (including phenoxy) is 1. The van der Waals surface area contributed by atoms with Crippen molar-refractivity contribution in [1.82, 2.24) is 4.90 Å². The fourth-order valence-electron chi connectivity index (χ4n) is 2.02. The fourth-order valence-corrected chi connectivity index (χ4v) is 2.02. The highest BCUT2D eigenvalue weighted by Gasteiger charge is 2.61. The number of hydrogen-bond donors (Lipinski definition) is 1. The molecule has 1 saturated carbocycles. The number of carbonyl (C=O) groups is 1. The van der Waals surface area contributed by atoms with Gasteiger partial charge >= 0.3 is 6.09 Å². The third kappa shape index (κ3) is 1.06. The molecule has 2 atom stereocenters. The number of hydrogen-bond acceptors (Lipinski definition) is 3. The van der Waals surface area contributed by atoms with E-state index in [0.29, 0.717) is 6.42 Å². The monoisotopic (exact) mass is 199 g/mol. The van der Waals surface area contributed by atoms with Crippen molar-refractivity contribution in [2.45, 2.75) is 57.4 Å². The van der Waals surface area contributed by atoms with Crippen LogP contribution in [-0.4, -0.2) is 33.5 Å². The van der Waals surface area contributed by atoms with E-state index in [1.807, 2.05) is 6.92 Å². The van der Waals surface area contributed by atoms with Crippen LogP contribution in [0.25, 0.3) is 0 Å². The van der Waals surface area contributed by atoms with E-state index < -0.39 is 11.3 Å². The number of aliphatic hydroxyl groups is 1. The number of cyclic esters (lactones) is 1. The fraction of sp³-hybridized carbons (Fsp3) is 0.900. The predicted octanol–water partition coefficient (Wildman–Crippen LogP) is 1.48. The van der Waals surface area contributed by atoms with Crippen molar-refractivity contribution in [3.8, 4) is 0 Å². The molecule has 2 fully saturated rings. The summed E-state index contributed by atoms with van der Waals surface area (Å²) in [5.41, 5.74) is -1.94. The molecule has 0 aromatic heterocycles. The van der Waals surface area contributed by atoms with Crippen molar-refractivity contribution in [2.75, 3.05) is 0 Å². The van der Waals surface area contributed by atoms with Gasteiger partial charge in [-0.2, -0.15) is 0 Å². The second-order valence-corrected chi connectivity index (χ2v) is 4.57. The van der Waals surface area contributed by atoms with Crippen molar-refractivity contribution in [2.24, 2.45) is 0 Å². The van der Waals surface area contributed by atoms with E-state index in [4.69, 9.17) is 4.74 Å². The molecule has 80 valence electrons. The van der Waals surface area contributed by atoms with Gasteiger partial charge in [-0.05, 0) is 33.1 Å². The summed E-state index contributed by atoms with van der Waals surface area (Å²) < 4.78 is 5.26. The molecule has 2 unspecified atom stereocenters. The minimum atomic E-state index is -1.17. The average Bonchev–Trinajstić information content (AvgIpc) is 2.84. The molecule has 4 heteroatoms. The summed E-state index contributed by atoms with van der Waals surface area (Å²) in [5, 5.41) is 10.3. The summed E-state index contributed by atoms with van der Waals surface area (Å²) in [5.74, 6) is 0. The van der Waals surface area contributed by atoms with Crippen LogP contribution in [0.3, 0.4) is 0 Å². The molecule has 0 radical (unpaired) electrons. The Hall–Kier alpha value is -0.770. The quantitative estimate of drug-likeness (QED) is 0.732. The average molecular weight is 199 g/mol. The maximum atomic E-state index is 11.6. The van der Waals surface area contributed by atoms with Crippen LogP contribution >= 0.6 is 0 Å². The Kier molecular flexibility index (Phi) is 1.83. The van der Waals surface area contributed by atoms with Gasteiger partial charge in [0.05, 0.1) is 0 Å². The van der Waals surface area contributed by atoms with Gasteiger partial charge in [0, 0.05) is 6.04 Å². The van der Waals surface area contributed by atoms with Crippen molar-refractivity contribution < 1.29 is 14.6 Å². The Morgan fingerprint density at radius 3 is 2.50 bits per heavy atom. The molecule has 14 heavy (non-hydrogen) atoms. The van der Waals surface area contributed by atoms with E-state index in [2.05, 4.69) is 0 Å². The smallest absolute Gasteiger partial charge is 0.413 e. The van der Waals surface area contributed by atoms with Gasteiger partial charge in [0.2, 0.25) is 0 Å². The highest BCUT2D eigenvalue weighted by Crippen LogP contribution is 2.45. The lowest BCUT2D eigenvalue weighted by atomic mass is 9.91. The first-order chi connectivity index (χ1) is 6.42. The van der Waals surface area contributed by atoms with Crippen molar-refractivity contribution >= 4 is 6.09 Å². The summed E-state index contributed by atoms with van der Waals surface area (Å²) >= 11 is 0. The van der Waals surface area contributed by atoms with E-state index in [9.17, 15) is 9.90 Å². The summed E-state index contributed by atoms with van der Waals surface area (Å²) in [4.78, 5) is 13.1. The zero-order valence-electron chi connectivity index (χ0n) is 8.91. The summed E-state index contributed by atoms with van der Waals surface area (Å²) in [6.07, 6.45) is 2.20. The number of carbonyl (C=O) groups excluding carboxylic acids is 1. The molecule has 1 N–H and O–H groups in total. The molecule has 0 aromatic rings. The highest BCUT2D eigenvalue weighted by molar-refractivity contribution is 5.73. The van der Waals surface area contributed by atoms with E-state index in [1.165, 1.54) is 4.90 Å². The van der Waals surface area contributed by atoms with E-state index >= 15 is 0 Å². The van der Waals surface area contributed by atoms with Crippen LogP contribution in [0.1, 0.15) is 40.0 Å². The third-order valence-corrected chi connectivity index (χ3v) is 3.57. The third-order valence-electron chi connectivity index (χ3n) is 3.57. The molecule has 2 rings (SSSR count). The molecule has 1 heterocycles. The molecule has 0 bridgehead atoms. The predicted molar refractivity (Wildman–Crippen MR) is 50.7 cm³/mol. The van der Waals surface area contributed by atoms with Gasteiger partial charge in [0.25, 0.3) is 0 Å². The standard InChI is InChI=1S/C10H17NO3/c1-4-9(2)10(3,13)11(7-5-6-7)8(12)14-9/h7,13H,4-6H2,1-3H3. The molecule has 1 saturated heterocycles. The van der Waals surface area contributed by atoms with Crippen LogP contribution in [0.2, 0.25) is 0 Å². The van der Waals surface area contributed by atoms with Gasteiger partial charge in [0.1, 0.15) is 0 Å². The van der Waals surface area contributed by atoms with Crippen LogP contribution in [-0.2, 0) is 4.74 Å². The Labute approximate surface area is 83.8 Å². The zero-order chi connectivity index (χ0) is 10.6. The summed E-state index contributed by atoms with van der Waals surface area (Å²) in [6.45, 7) is 5.37. The Bertz CT molecular complexity index is 273. The zero-order valence-corrected chi connectivity index (χ0v) is 8.91. The maximum Gasteiger partial charge on any atom is 0.413 e. The summed E-state index contributed by atoms with van der Waals surface area (Å²) in [6, 6.07) is 0.186. The normalized spacial score (nSPS) is 42.9. The molecule has 1 aliphatic heterocycles. The van der Waals surface area contributed by atoms with Crippen LogP contribution in [0.15, 0.2) is 0 Å². The van der Waals surface area contributed by atoms with E-state index in [-0.39, 0.29) is 12.1 Å². The van der Waals surface area contributed by atoms with Crippen molar-refractivity contribution in [3.63, 3.8) is 0 Å². The lowest BCUT2D eigenvalue weighted by molar-refractivity contribution is -0.139. The molecule has 0 spiro atoms. The second kappa shape index (κ2) is 2.63. The minimum Gasteiger partial charge on any atom is -0.438 e. The van der Waals surface area contributed by atoms with Crippen LogP contribution in [0, 0.1) is 0 Å². The van der Waals surface area contributed by atoms with Crippen LogP contribution in [0.5, 0.6) is 0 Å². The van der Waals surface area contributed by atoms with Crippen LogP contribution in [0.4, 0.5) is 4.79 Å². The molecular weight excluding hydrogens is 182 g/mol. The SMILES string of the molecule is CCC1(C)OC(=O)N(C2CC2)C1(C)O. The molecule has 4 nitrogen and oxygen atoms in total. The summed E-state index contributed by atoms with van der Waals surface area (Å²) in [7, 11) is 0. The van der Waals surface area contributed by atoms with Gasteiger partial charge in [-0.3, -0.25) is 4.90 Å². The molecule has 1 aliphatic carbocycles. The van der Waals surface area contributed by atoms with Gasteiger partial charge in [-0.25, -0.2) is 4.79 Å². The maximum absolute atomic E-state index is 11.6. The first-order valence-electron chi connectivity index (χ1n) is 5.17. The number of nitrogens with zero attached hydrogens (tertiary/aromatic N) is 1. The van der Waals surface area contributed by atoms with E-state index in [1.54, 1.807) is 13.8 Å². The van der Waals surface area contributed by atoms with E-state index in [0.717, 1.165) is 12.8 Å². The van der Waals surface area contributed by atoms with Gasteiger partial charge < -0.3 is 9.84 Å². The van der Waals surface area contributed by atoms with Gasteiger partial charge in [-0.1, -0.05) is 6.92 Å². The Morgan fingerprint density at radius 1 is 1.57 bits per heavy atom. The van der Waals surface area contributed by atoms with Crippen LogP contribution < -0.4 is 0 Å². The molecule has 0 aromatic carbocycles. The lowest BCUT2D eigenvalue weighted by Gasteiger charge is -2.36. The largest absolute Gasteiger partial charge is 0.438 e. The topological polar surface area (TPSA) is 49.8 Å². The lowest BCUT2D eigenvalue weighted by Crippen LogP contribution is -2.55. The Balaban J connectivity index is 2.31. The molecule has 1 amide bonds. The molecule has 2 aliphatic rings. The van der Waals surface area contributed by atoms with Gasteiger partial charge in [-0.15, -0.1) is 0 Å². The number of amides is 1. The van der Waals surface area contributed by atoms with Gasteiger partial charge in [0.15, 0.2) is 11.3 Å². The minimum absolute atomic E-state index is 0.186. The highest BCUT2D eigenvalue weighted by atomic mass is 16.6. The van der Waals surface area contributed by atoms with Crippen molar-refractivity contribution in [3.05, 3.63) is 0 Å². The first kappa shape index (κ1) is 9.77. The number of rotatable bonds is 2. The first-order valence-corrected chi connectivity index (χ1v) is 5.17. The Morgan fingerprint density at radius 2 is 2.14 bits per heavy atom. The second-order valence-electron chi connectivity index (χ2n) is 4.57. The molecular formula is C10H17NO3. The van der Waals surface area contributed by atoms with Crippen molar-refractivity contribution in [1.29, 1.82) is 0 Å².